The van der Waals surface area contributed by atoms with E-state index in [1.807, 2.05) is 0 Å². The molecule has 6 heteroatoms. The number of hydrogen-bond donors (Lipinski definition) is 2. The van der Waals surface area contributed by atoms with Gasteiger partial charge in [0.25, 0.3) is 0 Å². The standard InChI is InChI=1S/C12H22N2O3S/c15-12(11-5-1-2-9-18(11,16)17)14-8-6-10-4-3-7-13-10/h10-11,13H,1-9H2,(H,14,15). The molecular formula is C12H22N2O3S. The number of amides is 1. The maximum Gasteiger partial charge on any atom is 0.238 e. The molecule has 2 atom stereocenters. The van der Waals surface area contributed by atoms with Crippen molar-refractivity contribution in [2.24, 2.45) is 0 Å². The van der Waals surface area contributed by atoms with Gasteiger partial charge in [-0.2, -0.15) is 0 Å². The first-order valence-electron chi connectivity index (χ1n) is 6.82. The summed E-state index contributed by atoms with van der Waals surface area (Å²) < 4.78 is 23.5. The number of hydrogen-bond acceptors (Lipinski definition) is 4. The van der Waals surface area contributed by atoms with E-state index in [2.05, 4.69) is 10.6 Å². The fourth-order valence-corrected chi connectivity index (χ4v) is 4.56. The zero-order valence-electron chi connectivity index (χ0n) is 10.7. The average Bonchev–Trinajstić information content (AvgIpc) is 2.81. The van der Waals surface area contributed by atoms with Crippen molar-refractivity contribution >= 4 is 15.7 Å². The molecular weight excluding hydrogens is 252 g/mol. The van der Waals surface area contributed by atoms with Crippen LogP contribution in [0.1, 0.15) is 38.5 Å². The number of nitrogens with one attached hydrogen (secondary N) is 2. The van der Waals surface area contributed by atoms with Crippen molar-refractivity contribution in [1.82, 2.24) is 10.6 Å². The van der Waals surface area contributed by atoms with Crippen molar-refractivity contribution < 1.29 is 13.2 Å². The van der Waals surface area contributed by atoms with Gasteiger partial charge in [0.1, 0.15) is 5.25 Å². The molecule has 2 fully saturated rings. The highest BCUT2D eigenvalue weighted by molar-refractivity contribution is 7.92. The van der Waals surface area contributed by atoms with Gasteiger partial charge in [-0.25, -0.2) is 8.42 Å². The van der Waals surface area contributed by atoms with Crippen LogP contribution in [0.4, 0.5) is 0 Å². The molecule has 0 saturated carbocycles. The normalized spacial score (nSPS) is 31.1. The first-order chi connectivity index (χ1) is 8.59. The minimum atomic E-state index is -3.20. The minimum Gasteiger partial charge on any atom is -0.355 e. The molecule has 0 bridgehead atoms. The summed E-state index contributed by atoms with van der Waals surface area (Å²) in [4.78, 5) is 11.9. The third-order valence-electron chi connectivity index (χ3n) is 3.83. The van der Waals surface area contributed by atoms with Gasteiger partial charge in [-0.1, -0.05) is 6.42 Å². The highest BCUT2D eigenvalue weighted by Gasteiger charge is 2.34. The Hall–Kier alpha value is -0.620. The van der Waals surface area contributed by atoms with Crippen molar-refractivity contribution in [3.63, 3.8) is 0 Å². The van der Waals surface area contributed by atoms with Gasteiger partial charge in [0, 0.05) is 12.6 Å². The van der Waals surface area contributed by atoms with Gasteiger partial charge in [-0.3, -0.25) is 4.79 Å². The van der Waals surface area contributed by atoms with Crippen LogP contribution in [0.25, 0.3) is 0 Å². The minimum absolute atomic E-state index is 0.162. The van der Waals surface area contributed by atoms with E-state index in [1.165, 1.54) is 6.42 Å². The molecule has 5 nitrogen and oxygen atoms in total. The maximum absolute atomic E-state index is 11.9. The summed E-state index contributed by atoms with van der Waals surface area (Å²) in [6, 6.07) is 0.480. The first kappa shape index (κ1) is 13.8. The number of carbonyl (C=O) groups is 1. The van der Waals surface area contributed by atoms with E-state index in [0.29, 0.717) is 25.4 Å². The van der Waals surface area contributed by atoms with Crippen molar-refractivity contribution in [2.75, 3.05) is 18.8 Å². The third-order valence-corrected chi connectivity index (χ3v) is 6.00. The van der Waals surface area contributed by atoms with E-state index in [4.69, 9.17) is 0 Å². The lowest BCUT2D eigenvalue weighted by Crippen LogP contribution is -2.43. The van der Waals surface area contributed by atoms with Crippen molar-refractivity contribution in [2.45, 2.75) is 49.8 Å². The molecule has 2 unspecified atom stereocenters. The zero-order valence-corrected chi connectivity index (χ0v) is 11.5. The fraction of sp³-hybridized carbons (Fsp3) is 0.917. The van der Waals surface area contributed by atoms with Gasteiger partial charge in [0.15, 0.2) is 9.84 Å². The Balaban J connectivity index is 1.76. The van der Waals surface area contributed by atoms with Crippen LogP contribution in [0.3, 0.4) is 0 Å². The number of rotatable bonds is 4. The largest absolute Gasteiger partial charge is 0.355 e. The van der Waals surface area contributed by atoms with Crippen molar-refractivity contribution in [3.8, 4) is 0 Å². The Bertz CT molecular complexity index is 388. The lowest BCUT2D eigenvalue weighted by molar-refractivity contribution is -0.120. The summed E-state index contributed by atoms with van der Waals surface area (Å²) in [7, 11) is -3.20. The summed E-state index contributed by atoms with van der Waals surface area (Å²) in [6.45, 7) is 1.62. The van der Waals surface area contributed by atoms with Crippen LogP contribution in [-0.4, -0.2) is 44.5 Å². The van der Waals surface area contributed by atoms with Crippen LogP contribution in [0, 0.1) is 0 Å². The molecule has 2 N–H and O–H groups in total. The highest BCUT2D eigenvalue weighted by Crippen LogP contribution is 2.19. The molecule has 0 aliphatic carbocycles. The predicted octanol–water partition coefficient (Wildman–Crippen LogP) is 0.212. The molecule has 2 saturated heterocycles. The summed E-state index contributed by atoms with van der Waals surface area (Å²) in [5, 5.41) is 5.33. The Morgan fingerprint density at radius 1 is 1.22 bits per heavy atom. The monoisotopic (exact) mass is 274 g/mol. The van der Waals surface area contributed by atoms with Crippen LogP contribution in [-0.2, 0) is 14.6 Å². The molecule has 0 aromatic carbocycles. The van der Waals surface area contributed by atoms with Crippen molar-refractivity contribution in [3.05, 3.63) is 0 Å². The van der Waals surface area contributed by atoms with Gasteiger partial charge in [0.2, 0.25) is 5.91 Å². The second-order valence-corrected chi connectivity index (χ2v) is 7.53. The Kier molecular flexibility index (Phi) is 4.61. The third kappa shape index (κ3) is 3.45. The van der Waals surface area contributed by atoms with Gasteiger partial charge >= 0.3 is 0 Å². The van der Waals surface area contributed by atoms with Crippen LogP contribution >= 0.6 is 0 Å². The van der Waals surface area contributed by atoms with Gasteiger partial charge in [-0.15, -0.1) is 0 Å². The SMILES string of the molecule is O=C(NCCC1CCCN1)C1CCCCS1(=O)=O. The van der Waals surface area contributed by atoms with Gasteiger partial charge < -0.3 is 10.6 Å². The number of sulfone groups is 1. The first-order valence-corrected chi connectivity index (χ1v) is 8.54. The summed E-state index contributed by atoms with van der Waals surface area (Å²) >= 11 is 0. The lowest BCUT2D eigenvalue weighted by Gasteiger charge is -2.21. The topological polar surface area (TPSA) is 75.3 Å². The van der Waals surface area contributed by atoms with E-state index in [-0.39, 0.29) is 11.7 Å². The number of carbonyl (C=O) groups excluding carboxylic acids is 1. The fourth-order valence-electron chi connectivity index (χ4n) is 2.74. The van der Waals surface area contributed by atoms with Crippen LogP contribution in [0.2, 0.25) is 0 Å². The zero-order chi connectivity index (χ0) is 13.0. The van der Waals surface area contributed by atoms with E-state index >= 15 is 0 Å². The molecule has 2 rings (SSSR count). The summed E-state index contributed by atoms with van der Waals surface area (Å²) in [5.41, 5.74) is 0. The second-order valence-electron chi connectivity index (χ2n) is 5.22. The van der Waals surface area contributed by atoms with Crippen LogP contribution < -0.4 is 10.6 Å². The maximum atomic E-state index is 11.9. The van der Waals surface area contributed by atoms with Crippen LogP contribution in [0.5, 0.6) is 0 Å². The molecule has 2 aliphatic heterocycles. The van der Waals surface area contributed by atoms with Crippen molar-refractivity contribution in [1.29, 1.82) is 0 Å². The van der Waals surface area contributed by atoms with E-state index in [9.17, 15) is 13.2 Å². The highest BCUT2D eigenvalue weighted by atomic mass is 32.2. The Morgan fingerprint density at radius 2 is 2.06 bits per heavy atom. The van der Waals surface area contributed by atoms with Crippen LogP contribution in [0.15, 0.2) is 0 Å². The second kappa shape index (κ2) is 6.02. The van der Waals surface area contributed by atoms with Gasteiger partial charge in [0.05, 0.1) is 5.75 Å². The molecule has 104 valence electrons. The Morgan fingerprint density at radius 3 is 2.72 bits per heavy atom. The molecule has 1 amide bonds. The smallest absolute Gasteiger partial charge is 0.238 e. The average molecular weight is 274 g/mol. The molecule has 0 aromatic heterocycles. The predicted molar refractivity (Wildman–Crippen MR) is 70.1 cm³/mol. The molecule has 0 aromatic rings. The molecule has 0 spiro atoms. The van der Waals surface area contributed by atoms with E-state index in [0.717, 1.165) is 25.8 Å². The molecule has 2 aliphatic rings. The quantitative estimate of drug-likeness (QED) is 0.768. The summed E-state index contributed by atoms with van der Waals surface area (Å²) in [5.74, 6) is -0.136. The van der Waals surface area contributed by atoms with E-state index in [1.54, 1.807) is 0 Å². The molecule has 2 heterocycles. The summed E-state index contributed by atoms with van der Waals surface area (Å²) in [6.07, 6.45) is 5.24. The van der Waals surface area contributed by atoms with Gasteiger partial charge in [-0.05, 0) is 38.6 Å². The molecule has 18 heavy (non-hydrogen) atoms. The lowest BCUT2D eigenvalue weighted by atomic mass is 10.1. The molecule has 0 radical (unpaired) electrons. The Labute approximate surface area is 109 Å². The van der Waals surface area contributed by atoms with E-state index < -0.39 is 15.1 Å².